The van der Waals surface area contributed by atoms with Gasteiger partial charge < -0.3 is 11.1 Å². The third-order valence-corrected chi connectivity index (χ3v) is 3.04. The molecule has 2 aromatic heterocycles. The number of rotatable bonds is 2. The summed E-state index contributed by atoms with van der Waals surface area (Å²) in [6.45, 7) is 0. The van der Waals surface area contributed by atoms with Gasteiger partial charge in [-0.05, 0) is 12.1 Å². The molecule has 6 heteroatoms. The van der Waals surface area contributed by atoms with Gasteiger partial charge in [0.2, 0.25) is 10.9 Å². The number of hydrogen-bond donors (Lipinski definition) is 2. The Labute approximate surface area is 95.5 Å². The van der Waals surface area contributed by atoms with Gasteiger partial charge in [-0.3, -0.25) is 0 Å². The van der Waals surface area contributed by atoms with Crippen LogP contribution in [0.1, 0.15) is 0 Å². The van der Waals surface area contributed by atoms with Crippen molar-refractivity contribution in [1.82, 2.24) is 14.6 Å². The third-order valence-electron chi connectivity index (χ3n) is 2.22. The highest BCUT2D eigenvalue weighted by molar-refractivity contribution is 7.15. The van der Waals surface area contributed by atoms with Crippen LogP contribution < -0.4 is 11.1 Å². The molecule has 5 nitrogen and oxygen atoms in total. The second kappa shape index (κ2) is 3.49. The van der Waals surface area contributed by atoms with Gasteiger partial charge in [-0.15, -0.1) is 21.5 Å². The lowest BCUT2D eigenvalue weighted by molar-refractivity contribution is 1.12. The van der Waals surface area contributed by atoms with E-state index in [-0.39, 0.29) is 0 Å². The molecule has 3 aromatic rings. The normalized spacial score (nSPS) is 10.8. The second-order valence-corrected chi connectivity index (χ2v) is 4.12. The molecule has 80 valence electrons. The van der Waals surface area contributed by atoms with Crippen molar-refractivity contribution in [3.05, 3.63) is 35.7 Å². The Morgan fingerprint density at radius 3 is 2.81 bits per heavy atom. The summed E-state index contributed by atoms with van der Waals surface area (Å²) < 4.78 is 1.79. The van der Waals surface area contributed by atoms with Crippen LogP contribution in [0, 0.1) is 0 Å². The number of fused-ring (bicyclic) bond motifs is 1. The van der Waals surface area contributed by atoms with E-state index in [4.69, 9.17) is 5.73 Å². The minimum Gasteiger partial charge on any atom is -0.368 e. The summed E-state index contributed by atoms with van der Waals surface area (Å²) in [4.78, 5) is 0.788. The van der Waals surface area contributed by atoms with Gasteiger partial charge >= 0.3 is 0 Å². The zero-order valence-corrected chi connectivity index (χ0v) is 9.11. The van der Waals surface area contributed by atoms with Gasteiger partial charge in [0.05, 0.1) is 0 Å². The number of nitrogens with zero attached hydrogens (tertiary/aromatic N) is 3. The number of hydrogen-bond acceptors (Lipinski definition) is 5. The first-order valence-electron chi connectivity index (χ1n) is 4.75. The first kappa shape index (κ1) is 9.17. The number of nitrogen functional groups attached to an aromatic ring is 1. The summed E-state index contributed by atoms with van der Waals surface area (Å²) in [5.41, 5.74) is 6.74. The molecule has 0 radical (unpaired) electrons. The average Bonchev–Trinajstić information content (AvgIpc) is 2.86. The number of thiazole rings is 1. The zero-order valence-electron chi connectivity index (χ0n) is 8.29. The van der Waals surface area contributed by atoms with Crippen LogP contribution >= 0.6 is 11.3 Å². The fraction of sp³-hybridized carbons (Fsp3) is 0. The van der Waals surface area contributed by atoms with Gasteiger partial charge in [-0.25, -0.2) is 4.40 Å². The molecule has 0 bridgehead atoms. The Morgan fingerprint density at radius 1 is 1.19 bits per heavy atom. The first-order valence-corrected chi connectivity index (χ1v) is 5.63. The number of aromatic nitrogens is 3. The molecule has 0 aliphatic rings. The Morgan fingerprint density at radius 2 is 2.00 bits per heavy atom. The van der Waals surface area contributed by atoms with E-state index >= 15 is 0 Å². The maximum Gasteiger partial charge on any atom is 0.228 e. The molecule has 0 fully saturated rings. The van der Waals surface area contributed by atoms with Crippen LogP contribution in [0.4, 0.5) is 17.5 Å². The number of nitrogens with two attached hydrogens (primary N) is 1. The number of benzene rings is 1. The van der Waals surface area contributed by atoms with Crippen molar-refractivity contribution in [2.24, 2.45) is 0 Å². The van der Waals surface area contributed by atoms with Crippen molar-refractivity contribution in [2.45, 2.75) is 0 Å². The van der Waals surface area contributed by atoms with Crippen molar-refractivity contribution in [3.63, 3.8) is 0 Å². The molecule has 0 atom stereocenters. The molecule has 0 saturated carbocycles. The fourth-order valence-electron chi connectivity index (χ4n) is 1.50. The van der Waals surface area contributed by atoms with Crippen molar-refractivity contribution >= 4 is 33.8 Å². The van der Waals surface area contributed by atoms with E-state index in [1.807, 2.05) is 35.7 Å². The molecule has 1 aromatic carbocycles. The van der Waals surface area contributed by atoms with Crippen molar-refractivity contribution in [2.75, 3.05) is 11.1 Å². The predicted molar refractivity (Wildman–Crippen MR) is 65.0 cm³/mol. The quantitative estimate of drug-likeness (QED) is 0.708. The van der Waals surface area contributed by atoms with Crippen LogP contribution in [0.3, 0.4) is 0 Å². The van der Waals surface area contributed by atoms with Crippen molar-refractivity contribution < 1.29 is 0 Å². The minimum atomic E-state index is 0.398. The van der Waals surface area contributed by atoms with Crippen LogP contribution in [0.5, 0.6) is 0 Å². The maximum absolute atomic E-state index is 5.73. The molecular weight excluding hydrogens is 222 g/mol. The van der Waals surface area contributed by atoms with Crippen LogP contribution in [0.2, 0.25) is 0 Å². The molecule has 0 unspecified atom stereocenters. The summed E-state index contributed by atoms with van der Waals surface area (Å²) in [6, 6.07) is 9.90. The average molecular weight is 231 g/mol. The smallest absolute Gasteiger partial charge is 0.228 e. The number of nitrogens with one attached hydrogen (secondary N) is 1. The van der Waals surface area contributed by atoms with Crippen molar-refractivity contribution in [3.8, 4) is 0 Å². The minimum absolute atomic E-state index is 0.398. The lowest BCUT2D eigenvalue weighted by Gasteiger charge is -2.04. The Kier molecular flexibility index (Phi) is 2.00. The lowest BCUT2D eigenvalue weighted by Crippen LogP contribution is -1.98. The van der Waals surface area contributed by atoms with Crippen LogP contribution in [-0.2, 0) is 0 Å². The summed E-state index contributed by atoms with van der Waals surface area (Å²) in [6.07, 6.45) is 0. The molecule has 2 heterocycles. The topological polar surface area (TPSA) is 68.2 Å². The van der Waals surface area contributed by atoms with Gasteiger partial charge in [-0.1, -0.05) is 18.2 Å². The third kappa shape index (κ3) is 1.40. The number of para-hydroxylation sites is 1. The molecule has 0 spiro atoms. The molecular formula is C10H9N5S. The molecule has 0 aliphatic heterocycles. The summed E-state index contributed by atoms with van der Waals surface area (Å²) in [5.74, 6) is 1.28. The summed E-state index contributed by atoms with van der Waals surface area (Å²) in [7, 11) is 0. The van der Waals surface area contributed by atoms with E-state index in [9.17, 15) is 0 Å². The predicted octanol–water partition coefficient (Wildman–Crippen LogP) is 2.12. The van der Waals surface area contributed by atoms with Crippen LogP contribution in [0.15, 0.2) is 35.7 Å². The first-order chi connectivity index (χ1) is 7.84. The van der Waals surface area contributed by atoms with E-state index in [0.29, 0.717) is 5.95 Å². The lowest BCUT2D eigenvalue weighted by atomic mass is 10.3. The largest absolute Gasteiger partial charge is 0.368 e. The highest BCUT2D eigenvalue weighted by atomic mass is 32.1. The second-order valence-electron chi connectivity index (χ2n) is 3.29. The summed E-state index contributed by atoms with van der Waals surface area (Å²) in [5, 5.41) is 13.0. The Bertz CT molecular complexity index is 612. The van der Waals surface area contributed by atoms with Gasteiger partial charge in [0.15, 0.2) is 0 Å². The van der Waals surface area contributed by atoms with Crippen LogP contribution in [-0.4, -0.2) is 14.6 Å². The van der Waals surface area contributed by atoms with Gasteiger partial charge in [0.25, 0.3) is 0 Å². The van der Waals surface area contributed by atoms with E-state index in [1.54, 1.807) is 4.40 Å². The maximum atomic E-state index is 5.73. The highest BCUT2D eigenvalue weighted by Gasteiger charge is 2.08. The SMILES string of the molecule is Nc1nnc2scc(Nc3ccccc3)n12. The molecule has 3 rings (SSSR count). The molecule has 0 saturated heterocycles. The molecule has 0 amide bonds. The Hall–Kier alpha value is -2.08. The summed E-state index contributed by atoms with van der Waals surface area (Å²) >= 11 is 1.50. The highest BCUT2D eigenvalue weighted by Crippen LogP contribution is 2.24. The zero-order chi connectivity index (χ0) is 11.0. The van der Waals surface area contributed by atoms with E-state index in [1.165, 1.54) is 11.3 Å². The van der Waals surface area contributed by atoms with Crippen molar-refractivity contribution in [1.29, 1.82) is 0 Å². The van der Waals surface area contributed by atoms with E-state index in [2.05, 4.69) is 15.5 Å². The van der Waals surface area contributed by atoms with E-state index < -0.39 is 0 Å². The molecule has 3 N–H and O–H groups in total. The van der Waals surface area contributed by atoms with Gasteiger partial charge in [-0.2, -0.15) is 0 Å². The van der Waals surface area contributed by atoms with E-state index in [0.717, 1.165) is 16.5 Å². The monoisotopic (exact) mass is 231 g/mol. The molecule has 16 heavy (non-hydrogen) atoms. The number of anilines is 3. The fourth-order valence-corrected chi connectivity index (χ4v) is 2.27. The molecule has 0 aliphatic carbocycles. The van der Waals surface area contributed by atoms with Crippen LogP contribution in [0.25, 0.3) is 4.96 Å². The van der Waals surface area contributed by atoms with Gasteiger partial charge in [0, 0.05) is 11.1 Å². The Balaban J connectivity index is 2.04. The van der Waals surface area contributed by atoms with Gasteiger partial charge in [0.1, 0.15) is 5.82 Å². The standard InChI is InChI=1S/C10H9N5S/c11-9-13-14-10-15(9)8(6-16-10)12-7-4-2-1-3-5-7/h1-6,12H,(H2,11,13).